The zero-order chi connectivity index (χ0) is 9.83. The molecule has 0 aromatic rings. The van der Waals surface area contributed by atoms with E-state index in [1.54, 1.807) is 0 Å². The smallest absolute Gasteiger partial charge is 0.137 e. The maximum atomic E-state index is 4.90. The van der Waals surface area contributed by atoms with Crippen LogP contribution in [-0.4, -0.2) is 29.1 Å². The van der Waals surface area contributed by atoms with Crippen molar-refractivity contribution in [3.63, 3.8) is 0 Å². The van der Waals surface area contributed by atoms with Crippen molar-refractivity contribution >= 4 is 11.4 Å². The van der Waals surface area contributed by atoms with E-state index in [1.165, 1.54) is 49.9 Å². The number of hydrogen-bond acceptors (Lipinski definition) is 3. The van der Waals surface area contributed by atoms with E-state index in [0.29, 0.717) is 6.17 Å². The zero-order valence-corrected chi connectivity index (χ0v) is 9.02. The summed E-state index contributed by atoms with van der Waals surface area (Å²) < 4.78 is 0. The number of fused-ring (bicyclic) bond motifs is 4. The fourth-order valence-corrected chi connectivity index (χ4v) is 3.76. The molecule has 15 heavy (non-hydrogen) atoms. The minimum absolute atomic E-state index is 0.405. The van der Waals surface area contributed by atoms with Gasteiger partial charge in [0.25, 0.3) is 0 Å². The summed E-state index contributed by atoms with van der Waals surface area (Å²) in [5.41, 5.74) is 2.74. The average Bonchev–Trinajstić information content (AvgIpc) is 2.86. The van der Waals surface area contributed by atoms with Gasteiger partial charge in [0.05, 0.1) is 11.4 Å². The highest BCUT2D eigenvalue weighted by Crippen LogP contribution is 2.43. The summed E-state index contributed by atoms with van der Waals surface area (Å²) >= 11 is 0. The van der Waals surface area contributed by atoms with Crippen molar-refractivity contribution in [3.05, 3.63) is 0 Å². The average molecular weight is 203 g/mol. The van der Waals surface area contributed by atoms with Crippen molar-refractivity contribution in [1.82, 2.24) is 5.01 Å². The van der Waals surface area contributed by atoms with Gasteiger partial charge in [-0.2, -0.15) is 5.10 Å². The summed E-state index contributed by atoms with van der Waals surface area (Å²) in [4.78, 5) is 4.90. The molecule has 3 fully saturated rings. The highest BCUT2D eigenvalue weighted by molar-refractivity contribution is 6.45. The molecule has 0 amide bonds. The fourth-order valence-electron chi connectivity index (χ4n) is 3.76. The fraction of sp³-hybridized carbons (Fsp3) is 0.833. The monoisotopic (exact) mass is 203 g/mol. The Balaban J connectivity index is 1.73. The molecule has 0 aromatic carbocycles. The minimum Gasteiger partial charge on any atom is -0.272 e. The Morgan fingerprint density at radius 2 is 2.13 bits per heavy atom. The van der Waals surface area contributed by atoms with Crippen LogP contribution in [0.3, 0.4) is 0 Å². The van der Waals surface area contributed by atoms with Gasteiger partial charge in [-0.3, -0.25) is 10.0 Å². The summed E-state index contributed by atoms with van der Waals surface area (Å²) in [6.07, 6.45) is 8.30. The highest BCUT2D eigenvalue weighted by Gasteiger charge is 2.43. The number of aliphatic imine (C=N–C) groups is 1. The predicted octanol–water partition coefficient (Wildman–Crippen LogP) is 2.04. The van der Waals surface area contributed by atoms with Crippen molar-refractivity contribution < 1.29 is 0 Å². The van der Waals surface area contributed by atoms with E-state index in [1.807, 2.05) is 0 Å². The van der Waals surface area contributed by atoms with E-state index in [9.17, 15) is 0 Å². The van der Waals surface area contributed by atoms with Gasteiger partial charge in [0.2, 0.25) is 0 Å². The maximum absolute atomic E-state index is 4.90. The van der Waals surface area contributed by atoms with Crippen LogP contribution in [0.25, 0.3) is 0 Å². The lowest BCUT2D eigenvalue weighted by Gasteiger charge is -2.25. The molecular weight excluding hydrogens is 186 g/mol. The first-order chi connectivity index (χ1) is 7.42. The second-order valence-electron chi connectivity index (χ2n) is 5.35. The molecule has 3 atom stereocenters. The third-order valence-electron chi connectivity index (χ3n) is 4.50. The zero-order valence-electron chi connectivity index (χ0n) is 9.02. The van der Waals surface area contributed by atoms with Gasteiger partial charge in [-0.1, -0.05) is 6.42 Å². The van der Waals surface area contributed by atoms with E-state index in [0.717, 1.165) is 18.4 Å². The van der Waals surface area contributed by atoms with Crippen LogP contribution >= 0.6 is 0 Å². The molecule has 0 N–H and O–H groups in total. The summed E-state index contributed by atoms with van der Waals surface area (Å²) in [5.74, 6) is 1.66. The van der Waals surface area contributed by atoms with Crippen molar-refractivity contribution in [2.45, 2.75) is 44.7 Å². The Kier molecular flexibility index (Phi) is 1.57. The SMILES string of the molecule is C1CC2CC3=NC4CCCN4N=C3C2C1. The summed E-state index contributed by atoms with van der Waals surface area (Å²) in [7, 11) is 0. The first-order valence-corrected chi connectivity index (χ1v) is 6.34. The van der Waals surface area contributed by atoms with Crippen LogP contribution in [0.4, 0.5) is 0 Å². The molecule has 0 radical (unpaired) electrons. The van der Waals surface area contributed by atoms with E-state index in [-0.39, 0.29) is 0 Å². The van der Waals surface area contributed by atoms with Crippen LogP contribution < -0.4 is 0 Å². The normalized spacial score (nSPS) is 42.1. The van der Waals surface area contributed by atoms with Crippen molar-refractivity contribution in [2.24, 2.45) is 21.9 Å². The largest absolute Gasteiger partial charge is 0.272 e. The first kappa shape index (κ1) is 8.31. The predicted molar refractivity (Wildman–Crippen MR) is 60.0 cm³/mol. The lowest BCUT2D eigenvalue weighted by Crippen LogP contribution is -2.33. The van der Waals surface area contributed by atoms with E-state index in [2.05, 4.69) is 5.01 Å². The molecule has 3 unspecified atom stereocenters. The summed E-state index contributed by atoms with van der Waals surface area (Å²) in [5, 5.41) is 7.10. The Hall–Kier alpha value is -0.860. The summed E-state index contributed by atoms with van der Waals surface area (Å²) in [6, 6.07) is 0. The molecule has 4 aliphatic rings. The number of rotatable bonds is 0. The number of hydrazone groups is 1. The topological polar surface area (TPSA) is 28.0 Å². The van der Waals surface area contributed by atoms with Crippen LogP contribution in [0.15, 0.2) is 10.1 Å². The number of nitrogens with zero attached hydrogens (tertiary/aromatic N) is 3. The van der Waals surface area contributed by atoms with Crippen molar-refractivity contribution in [2.75, 3.05) is 6.54 Å². The second-order valence-corrected chi connectivity index (χ2v) is 5.35. The van der Waals surface area contributed by atoms with Gasteiger partial charge < -0.3 is 0 Å². The molecule has 0 aromatic heterocycles. The first-order valence-electron chi connectivity index (χ1n) is 6.34. The van der Waals surface area contributed by atoms with Gasteiger partial charge in [-0.25, -0.2) is 0 Å². The van der Waals surface area contributed by atoms with Gasteiger partial charge in [0, 0.05) is 12.5 Å². The molecule has 80 valence electrons. The molecule has 3 nitrogen and oxygen atoms in total. The van der Waals surface area contributed by atoms with E-state index in [4.69, 9.17) is 10.1 Å². The van der Waals surface area contributed by atoms with E-state index >= 15 is 0 Å². The molecule has 0 bridgehead atoms. The van der Waals surface area contributed by atoms with Crippen LogP contribution in [0.1, 0.15) is 38.5 Å². The molecule has 1 saturated heterocycles. The molecule has 4 rings (SSSR count). The molecule has 0 spiro atoms. The third-order valence-corrected chi connectivity index (χ3v) is 4.50. The molecule has 2 aliphatic heterocycles. The number of hydrogen-bond donors (Lipinski definition) is 0. The molecule has 2 aliphatic carbocycles. The molecular formula is C12H17N3. The Morgan fingerprint density at radius 1 is 1.13 bits per heavy atom. The van der Waals surface area contributed by atoms with Crippen molar-refractivity contribution in [3.8, 4) is 0 Å². The van der Waals surface area contributed by atoms with Crippen LogP contribution in [0.5, 0.6) is 0 Å². The van der Waals surface area contributed by atoms with Crippen molar-refractivity contribution in [1.29, 1.82) is 0 Å². The Morgan fingerprint density at radius 3 is 3.13 bits per heavy atom. The Labute approximate surface area is 90.3 Å². The second kappa shape index (κ2) is 2.83. The van der Waals surface area contributed by atoms with Gasteiger partial charge in [0.15, 0.2) is 0 Å². The van der Waals surface area contributed by atoms with Gasteiger partial charge >= 0.3 is 0 Å². The van der Waals surface area contributed by atoms with Crippen LogP contribution in [0, 0.1) is 11.8 Å². The van der Waals surface area contributed by atoms with Gasteiger partial charge in [-0.05, 0) is 38.0 Å². The minimum atomic E-state index is 0.405. The maximum Gasteiger partial charge on any atom is 0.137 e. The highest BCUT2D eigenvalue weighted by atomic mass is 15.5. The molecule has 2 saturated carbocycles. The standard InChI is InChI=1S/C12H17N3/c1-3-8-7-10-12(9(8)4-1)14-15-6-2-5-11(15)13-10/h8-9,11H,1-7H2. The van der Waals surface area contributed by atoms with Crippen LogP contribution in [0.2, 0.25) is 0 Å². The van der Waals surface area contributed by atoms with Gasteiger partial charge in [-0.15, -0.1) is 0 Å². The third kappa shape index (κ3) is 1.06. The van der Waals surface area contributed by atoms with Crippen LogP contribution in [-0.2, 0) is 0 Å². The summed E-state index contributed by atoms with van der Waals surface area (Å²) in [6.45, 7) is 1.13. The van der Waals surface area contributed by atoms with Gasteiger partial charge in [0.1, 0.15) is 6.17 Å². The van der Waals surface area contributed by atoms with E-state index < -0.39 is 0 Å². The molecule has 2 heterocycles. The lowest BCUT2D eigenvalue weighted by atomic mass is 10.00. The lowest BCUT2D eigenvalue weighted by molar-refractivity contribution is 0.269. The molecule has 3 heteroatoms. The Bertz CT molecular complexity index is 358. The quantitative estimate of drug-likeness (QED) is 0.592.